The van der Waals surface area contributed by atoms with Gasteiger partial charge in [0, 0.05) is 32.9 Å². The number of likely N-dealkylation sites (tertiary alicyclic amines) is 1. The van der Waals surface area contributed by atoms with Crippen LogP contribution < -0.4 is 5.32 Å². The zero-order valence-electron chi connectivity index (χ0n) is 16.0. The molecule has 4 rings (SSSR count). The van der Waals surface area contributed by atoms with Crippen LogP contribution in [0.2, 0.25) is 0 Å². The van der Waals surface area contributed by atoms with Crippen LogP contribution in [0.15, 0.2) is 24.4 Å². The molecule has 2 aromatic rings. The molecule has 2 aliphatic rings. The Morgan fingerprint density at radius 3 is 2.67 bits per heavy atom. The van der Waals surface area contributed by atoms with E-state index >= 15 is 0 Å². The predicted octanol–water partition coefficient (Wildman–Crippen LogP) is 2.83. The lowest BCUT2D eigenvalue weighted by molar-refractivity contribution is 0.0934. The summed E-state index contributed by atoms with van der Waals surface area (Å²) in [7, 11) is 3.53. The average molecular weight is 369 g/mol. The van der Waals surface area contributed by atoms with Crippen LogP contribution in [0.4, 0.5) is 4.79 Å². The first-order valence-corrected chi connectivity index (χ1v) is 9.82. The first-order valence-electron chi connectivity index (χ1n) is 9.82. The molecule has 3 heterocycles. The van der Waals surface area contributed by atoms with Crippen molar-refractivity contribution in [3.05, 3.63) is 35.9 Å². The Bertz CT molecular complexity index is 853. The van der Waals surface area contributed by atoms with E-state index in [0.29, 0.717) is 12.2 Å². The van der Waals surface area contributed by atoms with E-state index < -0.39 is 0 Å². The summed E-state index contributed by atoms with van der Waals surface area (Å²) in [6.07, 6.45) is 8.15. The van der Waals surface area contributed by atoms with Crippen molar-refractivity contribution in [2.24, 2.45) is 0 Å². The highest BCUT2D eigenvalue weighted by molar-refractivity contribution is 5.99. The number of urea groups is 1. The molecule has 144 valence electrons. The summed E-state index contributed by atoms with van der Waals surface area (Å²) in [5.74, 6) is 0.662. The third-order valence-corrected chi connectivity index (χ3v) is 5.66. The van der Waals surface area contributed by atoms with Crippen LogP contribution in [0, 0.1) is 0 Å². The minimum atomic E-state index is -0.111. The van der Waals surface area contributed by atoms with Gasteiger partial charge in [-0.05, 0) is 37.8 Å². The topological polar surface area (TPSA) is 70.0 Å². The van der Waals surface area contributed by atoms with Gasteiger partial charge in [-0.1, -0.05) is 18.9 Å². The number of imidazole rings is 1. The molecule has 0 aromatic carbocycles. The van der Waals surface area contributed by atoms with Crippen LogP contribution in [-0.4, -0.2) is 57.8 Å². The lowest BCUT2D eigenvalue weighted by Gasteiger charge is -2.27. The van der Waals surface area contributed by atoms with E-state index in [9.17, 15) is 9.59 Å². The van der Waals surface area contributed by atoms with Crippen LogP contribution in [0.1, 0.15) is 60.9 Å². The van der Waals surface area contributed by atoms with Gasteiger partial charge in [-0.15, -0.1) is 0 Å². The molecule has 1 aliphatic heterocycles. The number of hydrogen-bond donors (Lipinski definition) is 1. The smallest absolute Gasteiger partial charge is 0.320 e. The molecule has 0 bridgehead atoms. The number of carbonyl (C=O) groups excluding carboxylic acids is 2. The van der Waals surface area contributed by atoms with Crippen molar-refractivity contribution in [1.82, 2.24) is 24.5 Å². The molecule has 7 heteroatoms. The fourth-order valence-electron chi connectivity index (χ4n) is 4.31. The summed E-state index contributed by atoms with van der Waals surface area (Å²) in [5, 5.41) is 3.14. The molecule has 1 N–H and O–H groups in total. The Hall–Kier alpha value is -2.57. The van der Waals surface area contributed by atoms with Gasteiger partial charge in [-0.25, -0.2) is 9.78 Å². The van der Waals surface area contributed by atoms with E-state index in [1.165, 1.54) is 12.8 Å². The second kappa shape index (κ2) is 7.21. The van der Waals surface area contributed by atoms with Crippen molar-refractivity contribution in [2.45, 2.75) is 50.6 Å². The number of rotatable bonds is 3. The quantitative estimate of drug-likeness (QED) is 0.904. The van der Waals surface area contributed by atoms with Crippen molar-refractivity contribution in [3.63, 3.8) is 0 Å². The number of hydrogen-bond acceptors (Lipinski definition) is 3. The van der Waals surface area contributed by atoms with E-state index in [0.717, 1.165) is 37.0 Å². The number of fused-ring (bicyclic) bond motifs is 1. The highest BCUT2D eigenvalue weighted by Gasteiger charge is 2.35. The highest BCUT2D eigenvalue weighted by atomic mass is 16.2. The molecule has 1 saturated carbocycles. The molecule has 7 nitrogen and oxygen atoms in total. The Labute approximate surface area is 159 Å². The molecule has 0 unspecified atom stereocenters. The van der Waals surface area contributed by atoms with Crippen molar-refractivity contribution in [3.8, 4) is 0 Å². The van der Waals surface area contributed by atoms with Crippen molar-refractivity contribution in [2.75, 3.05) is 20.6 Å². The molecule has 3 amide bonds. The first kappa shape index (κ1) is 17.8. The zero-order chi connectivity index (χ0) is 19.0. The minimum Gasteiger partial charge on any atom is -0.348 e. The predicted molar refractivity (Wildman–Crippen MR) is 103 cm³/mol. The number of amides is 3. The largest absolute Gasteiger partial charge is 0.348 e. The SMILES string of the molecule is CN(C)C(=O)N1CCC[C@@H]1c1nc(C(=O)NC2CCCC2)c2ccccn12. The Morgan fingerprint density at radius 1 is 1.15 bits per heavy atom. The number of nitrogens with one attached hydrogen (secondary N) is 1. The maximum atomic E-state index is 12.9. The standard InChI is InChI=1S/C20H27N5O2/c1-23(2)20(27)25-13-7-11-16(25)18-22-17(15-10-5-6-12-24(15)18)19(26)21-14-8-3-4-9-14/h5-6,10,12,14,16H,3-4,7-9,11,13H2,1-2H3,(H,21,26)/t16-/m1/s1. The Balaban J connectivity index is 1.69. The zero-order valence-corrected chi connectivity index (χ0v) is 16.0. The monoisotopic (exact) mass is 369 g/mol. The van der Waals surface area contributed by atoms with Crippen LogP contribution in [-0.2, 0) is 0 Å². The van der Waals surface area contributed by atoms with Gasteiger partial charge in [-0.2, -0.15) is 0 Å². The lowest BCUT2D eigenvalue weighted by atomic mass is 10.2. The second-order valence-electron chi connectivity index (χ2n) is 7.76. The van der Waals surface area contributed by atoms with Gasteiger partial charge >= 0.3 is 6.03 Å². The molecule has 0 radical (unpaired) electrons. The lowest BCUT2D eigenvalue weighted by Crippen LogP contribution is -2.39. The van der Waals surface area contributed by atoms with Gasteiger partial charge in [0.1, 0.15) is 5.82 Å². The van der Waals surface area contributed by atoms with Gasteiger partial charge < -0.3 is 19.5 Å². The molecule has 2 fully saturated rings. The summed E-state index contributed by atoms with van der Waals surface area (Å²) < 4.78 is 1.97. The van der Waals surface area contributed by atoms with E-state index in [2.05, 4.69) is 5.32 Å². The highest BCUT2D eigenvalue weighted by Crippen LogP contribution is 2.33. The van der Waals surface area contributed by atoms with E-state index in [4.69, 9.17) is 4.98 Å². The molecule has 1 saturated heterocycles. The van der Waals surface area contributed by atoms with Crippen molar-refractivity contribution >= 4 is 17.5 Å². The molecule has 1 atom stereocenters. The number of aromatic nitrogens is 2. The normalized spacial score (nSPS) is 20.4. The van der Waals surface area contributed by atoms with Crippen LogP contribution >= 0.6 is 0 Å². The molecule has 1 aliphatic carbocycles. The summed E-state index contributed by atoms with van der Waals surface area (Å²) in [4.78, 5) is 33.7. The molecule has 0 spiro atoms. The van der Waals surface area contributed by atoms with Gasteiger partial charge in [0.25, 0.3) is 5.91 Å². The fourth-order valence-corrected chi connectivity index (χ4v) is 4.31. The number of nitrogens with zero attached hydrogens (tertiary/aromatic N) is 4. The third-order valence-electron chi connectivity index (χ3n) is 5.66. The average Bonchev–Trinajstić information content (AvgIpc) is 3.39. The number of pyridine rings is 1. The Morgan fingerprint density at radius 2 is 1.93 bits per heavy atom. The first-order chi connectivity index (χ1) is 13.1. The molecular weight excluding hydrogens is 342 g/mol. The Kier molecular flexibility index (Phi) is 4.76. The van der Waals surface area contributed by atoms with Gasteiger partial charge in [0.2, 0.25) is 0 Å². The summed E-state index contributed by atoms with van der Waals surface area (Å²) in [5.41, 5.74) is 1.26. The van der Waals surface area contributed by atoms with Gasteiger partial charge in [-0.3, -0.25) is 4.79 Å². The van der Waals surface area contributed by atoms with E-state index in [1.807, 2.05) is 33.7 Å². The molecular formula is C20H27N5O2. The van der Waals surface area contributed by atoms with Crippen LogP contribution in [0.5, 0.6) is 0 Å². The number of carbonyl (C=O) groups is 2. The maximum Gasteiger partial charge on any atom is 0.320 e. The van der Waals surface area contributed by atoms with E-state index in [-0.39, 0.29) is 24.0 Å². The van der Waals surface area contributed by atoms with Crippen LogP contribution in [0.25, 0.3) is 5.52 Å². The van der Waals surface area contributed by atoms with Gasteiger partial charge in [0.15, 0.2) is 5.69 Å². The summed E-state index contributed by atoms with van der Waals surface area (Å²) in [6.45, 7) is 0.715. The second-order valence-corrected chi connectivity index (χ2v) is 7.76. The van der Waals surface area contributed by atoms with E-state index in [1.54, 1.807) is 19.0 Å². The van der Waals surface area contributed by atoms with Gasteiger partial charge in [0.05, 0.1) is 11.6 Å². The summed E-state index contributed by atoms with van der Waals surface area (Å²) >= 11 is 0. The minimum absolute atomic E-state index is 0.0119. The third kappa shape index (κ3) is 3.26. The van der Waals surface area contributed by atoms with Crippen molar-refractivity contribution < 1.29 is 9.59 Å². The summed E-state index contributed by atoms with van der Waals surface area (Å²) in [6, 6.07) is 5.91. The fraction of sp³-hybridized carbons (Fsp3) is 0.550. The van der Waals surface area contributed by atoms with Crippen LogP contribution in [0.3, 0.4) is 0 Å². The van der Waals surface area contributed by atoms with Crippen molar-refractivity contribution in [1.29, 1.82) is 0 Å². The maximum absolute atomic E-state index is 12.9. The molecule has 27 heavy (non-hydrogen) atoms. The molecule has 2 aromatic heterocycles.